The highest BCUT2D eigenvalue weighted by molar-refractivity contribution is 4.92. The van der Waals surface area contributed by atoms with Crippen LogP contribution < -0.4 is 5.32 Å². The number of halogens is 1. The lowest BCUT2D eigenvalue weighted by atomic mass is 9.84. The summed E-state index contributed by atoms with van der Waals surface area (Å²) in [6.07, 6.45) is 1.69. The fraction of sp³-hybridized carbons (Fsp3) is 1.00. The second-order valence-corrected chi connectivity index (χ2v) is 4.49. The first-order valence-electron chi connectivity index (χ1n) is 4.94. The minimum absolute atomic E-state index is 0.201. The zero-order valence-corrected chi connectivity index (χ0v) is 8.36. The van der Waals surface area contributed by atoms with Crippen LogP contribution in [0.3, 0.4) is 0 Å². The molecular formula is C10H20FN. The topological polar surface area (TPSA) is 12.0 Å². The van der Waals surface area contributed by atoms with Crippen molar-refractivity contribution in [3.63, 3.8) is 0 Å². The monoisotopic (exact) mass is 173 g/mol. The second-order valence-electron chi connectivity index (χ2n) is 4.49. The van der Waals surface area contributed by atoms with Gasteiger partial charge in [-0.1, -0.05) is 20.8 Å². The molecule has 0 radical (unpaired) electrons. The van der Waals surface area contributed by atoms with Gasteiger partial charge >= 0.3 is 0 Å². The van der Waals surface area contributed by atoms with Crippen LogP contribution in [0.25, 0.3) is 0 Å². The molecule has 72 valence electrons. The summed E-state index contributed by atoms with van der Waals surface area (Å²) in [6.45, 7) is 7.75. The Kier molecular flexibility index (Phi) is 3.10. The molecule has 0 spiro atoms. The van der Waals surface area contributed by atoms with E-state index in [0.717, 1.165) is 13.0 Å². The van der Waals surface area contributed by atoms with Crippen LogP contribution in [0.5, 0.6) is 0 Å². The molecule has 1 saturated heterocycles. The third-order valence-corrected chi connectivity index (χ3v) is 2.84. The minimum Gasteiger partial charge on any atom is -0.313 e. The van der Waals surface area contributed by atoms with Gasteiger partial charge in [0.25, 0.3) is 0 Å². The molecule has 0 aromatic heterocycles. The molecule has 1 N–H and O–H groups in total. The summed E-state index contributed by atoms with van der Waals surface area (Å²) >= 11 is 0. The van der Waals surface area contributed by atoms with E-state index in [-0.39, 0.29) is 5.92 Å². The summed E-state index contributed by atoms with van der Waals surface area (Å²) < 4.78 is 14.0. The summed E-state index contributed by atoms with van der Waals surface area (Å²) in [4.78, 5) is 0. The molecule has 0 aliphatic carbocycles. The van der Waals surface area contributed by atoms with Gasteiger partial charge in [0.1, 0.15) is 5.67 Å². The van der Waals surface area contributed by atoms with Crippen LogP contribution in [-0.4, -0.2) is 18.8 Å². The van der Waals surface area contributed by atoms with Crippen LogP contribution in [0.15, 0.2) is 0 Å². The van der Waals surface area contributed by atoms with Gasteiger partial charge < -0.3 is 5.32 Å². The summed E-state index contributed by atoms with van der Waals surface area (Å²) in [7, 11) is 0. The lowest BCUT2D eigenvalue weighted by molar-refractivity contribution is 0.0993. The largest absolute Gasteiger partial charge is 0.313 e. The van der Waals surface area contributed by atoms with Gasteiger partial charge in [0.15, 0.2) is 0 Å². The van der Waals surface area contributed by atoms with Crippen LogP contribution >= 0.6 is 0 Å². The number of hydrogen-bond donors (Lipinski definition) is 1. The summed E-state index contributed by atoms with van der Waals surface area (Å²) in [5, 5.41) is 3.09. The van der Waals surface area contributed by atoms with Crippen molar-refractivity contribution >= 4 is 0 Å². The van der Waals surface area contributed by atoms with E-state index in [1.165, 1.54) is 0 Å². The van der Waals surface area contributed by atoms with Crippen LogP contribution in [-0.2, 0) is 0 Å². The SMILES string of the molecule is CC(C)CC(C)C1(F)CCNC1. The highest BCUT2D eigenvalue weighted by atomic mass is 19.1. The fourth-order valence-corrected chi connectivity index (χ4v) is 2.02. The molecule has 2 heteroatoms. The Balaban J connectivity index is 2.44. The van der Waals surface area contributed by atoms with Crippen LogP contribution in [0.4, 0.5) is 4.39 Å². The molecule has 2 unspecified atom stereocenters. The van der Waals surface area contributed by atoms with E-state index in [9.17, 15) is 4.39 Å². The molecule has 1 heterocycles. The number of hydrogen-bond acceptors (Lipinski definition) is 1. The average Bonchev–Trinajstić information content (AvgIpc) is 2.36. The molecule has 1 rings (SSSR count). The molecule has 2 atom stereocenters. The molecule has 0 bridgehead atoms. The summed E-state index contributed by atoms with van der Waals surface area (Å²) in [5.41, 5.74) is -0.926. The first kappa shape index (κ1) is 9.97. The first-order valence-corrected chi connectivity index (χ1v) is 4.94. The molecule has 12 heavy (non-hydrogen) atoms. The maximum absolute atomic E-state index is 14.0. The quantitative estimate of drug-likeness (QED) is 0.691. The van der Waals surface area contributed by atoms with Gasteiger partial charge in [-0.25, -0.2) is 4.39 Å². The molecule has 1 nitrogen and oxygen atoms in total. The molecule has 0 aromatic carbocycles. The Morgan fingerprint density at radius 3 is 2.50 bits per heavy atom. The molecule has 1 aliphatic heterocycles. The van der Waals surface area contributed by atoms with Crippen molar-refractivity contribution in [1.29, 1.82) is 0 Å². The molecule has 1 aliphatic rings. The van der Waals surface area contributed by atoms with Crippen LogP contribution in [0.2, 0.25) is 0 Å². The summed E-state index contributed by atoms with van der Waals surface area (Å²) in [6, 6.07) is 0. The normalized spacial score (nSPS) is 32.8. The van der Waals surface area contributed by atoms with E-state index in [0.29, 0.717) is 18.9 Å². The van der Waals surface area contributed by atoms with Crippen molar-refractivity contribution in [2.24, 2.45) is 11.8 Å². The Hall–Kier alpha value is -0.110. The number of rotatable bonds is 3. The molecule has 0 aromatic rings. The molecule has 0 amide bonds. The zero-order valence-electron chi connectivity index (χ0n) is 8.36. The third-order valence-electron chi connectivity index (χ3n) is 2.84. The van der Waals surface area contributed by atoms with Gasteiger partial charge in [-0.2, -0.15) is 0 Å². The minimum atomic E-state index is -0.926. The highest BCUT2D eigenvalue weighted by Gasteiger charge is 2.38. The van der Waals surface area contributed by atoms with Gasteiger partial charge in [-0.05, 0) is 31.2 Å². The smallest absolute Gasteiger partial charge is 0.127 e. The van der Waals surface area contributed by atoms with Crippen molar-refractivity contribution in [1.82, 2.24) is 5.32 Å². The van der Waals surface area contributed by atoms with Crippen molar-refractivity contribution < 1.29 is 4.39 Å². The maximum Gasteiger partial charge on any atom is 0.127 e. The van der Waals surface area contributed by atoms with E-state index >= 15 is 0 Å². The molecule has 1 fully saturated rings. The van der Waals surface area contributed by atoms with Gasteiger partial charge in [0, 0.05) is 6.54 Å². The highest BCUT2D eigenvalue weighted by Crippen LogP contribution is 2.32. The van der Waals surface area contributed by atoms with Gasteiger partial charge in [-0.15, -0.1) is 0 Å². The summed E-state index contributed by atoms with van der Waals surface area (Å²) in [5.74, 6) is 0.806. The van der Waals surface area contributed by atoms with E-state index in [1.807, 2.05) is 6.92 Å². The second kappa shape index (κ2) is 3.73. The van der Waals surface area contributed by atoms with E-state index in [2.05, 4.69) is 19.2 Å². The van der Waals surface area contributed by atoms with E-state index in [1.54, 1.807) is 0 Å². The third kappa shape index (κ3) is 2.19. The van der Waals surface area contributed by atoms with E-state index < -0.39 is 5.67 Å². The number of alkyl halides is 1. The van der Waals surface area contributed by atoms with Gasteiger partial charge in [-0.3, -0.25) is 0 Å². The Bertz CT molecular complexity index is 139. The van der Waals surface area contributed by atoms with Gasteiger partial charge in [0.05, 0.1) is 0 Å². The van der Waals surface area contributed by atoms with Crippen molar-refractivity contribution in [2.75, 3.05) is 13.1 Å². The predicted octanol–water partition coefficient (Wildman–Crippen LogP) is 2.37. The molecular weight excluding hydrogens is 153 g/mol. The lowest BCUT2D eigenvalue weighted by Crippen LogP contribution is -2.34. The van der Waals surface area contributed by atoms with Gasteiger partial charge in [0.2, 0.25) is 0 Å². The van der Waals surface area contributed by atoms with Crippen LogP contribution in [0, 0.1) is 11.8 Å². The lowest BCUT2D eigenvalue weighted by Gasteiger charge is -2.27. The van der Waals surface area contributed by atoms with Crippen LogP contribution in [0.1, 0.15) is 33.6 Å². The molecule has 0 saturated carbocycles. The fourth-order valence-electron chi connectivity index (χ4n) is 2.02. The van der Waals surface area contributed by atoms with Crippen molar-refractivity contribution in [3.05, 3.63) is 0 Å². The zero-order chi connectivity index (χ0) is 9.19. The Labute approximate surface area is 74.7 Å². The standard InChI is InChI=1S/C10H20FN/c1-8(2)6-9(3)10(11)4-5-12-7-10/h8-9,12H,4-7H2,1-3H3. The predicted molar refractivity (Wildman–Crippen MR) is 49.9 cm³/mol. The van der Waals surface area contributed by atoms with Crippen molar-refractivity contribution in [3.8, 4) is 0 Å². The van der Waals surface area contributed by atoms with Crippen molar-refractivity contribution in [2.45, 2.75) is 39.3 Å². The number of nitrogens with one attached hydrogen (secondary N) is 1. The Morgan fingerprint density at radius 2 is 2.08 bits per heavy atom. The Morgan fingerprint density at radius 1 is 1.42 bits per heavy atom. The maximum atomic E-state index is 14.0. The van der Waals surface area contributed by atoms with E-state index in [4.69, 9.17) is 0 Å². The average molecular weight is 173 g/mol. The first-order chi connectivity index (χ1) is 5.54.